The number of carbonyl (C=O) groups is 2. The molecule has 0 unspecified atom stereocenters. The fraction of sp³-hybridized carbons (Fsp3) is 0.818. The van der Waals surface area contributed by atoms with Crippen molar-refractivity contribution in [2.24, 2.45) is 10.00 Å². The average molecular weight is 276 g/mol. The zero-order chi connectivity index (χ0) is 14.4. The van der Waals surface area contributed by atoms with E-state index in [1.165, 1.54) is 0 Å². The van der Waals surface area contributed by atoms with Crippen molar-refractivity contribution in [1.29, 1.82) is 0 Å². The lowest BCUT2D eigenvalue weighted by Crippen LogP contribution is -2.43. The van der Waals surface area contributed by atoms with Gasteiger partial charge in [-0.2, -0.15) is 0 Å². The van der Waals surface area contributed by atoms with Crippen LogP contribution in [0.2, 0.25) is 0 Å². The van der Waals surface area contributed by atoms with Gasteiger partial charge in [0.05, 0.1) is 4.75 Å². The molecule has 0 aliphatic carbocycles. The van der Waals surface area contributed by atoms with Gasteiger partial charge < -0.3 is 10.4 Å². The molecule has 104 valence electrons. The summed E-state index contributed by atoms with van der Waals surface area (Å²) in [7, 11) is 0. The summed E-state index contributed by atoms with van der Waals surface area (Å²) >= 11 is 0.865. The highest BCUT2D eigenvalue weighted by Gasteiger charge is 2.30. The van der Waals surface area contributed by atoms with E-state index < -0.39 is 16.1 Å². The Morgan fingerprint density at radius 1 is 1.28 bits per heavy atom. The van der Waals surface area contributed by atoms with Gasteiger partial charge in [-0.1, -0.05) is 13.8 Å². The van der Waals surface area contributed by atoms with Gasteiger partial charge in [0.2, 0.25) is 5.91 Å². The minimum absolute atomic E-state index is 0.0472. The maximum absolute atomic E-state index is 11.9. The van der Waals surface area contributed by atoms with Gasteiger partial charge in [0, 0.05) is 34.9 Å². The minimum atomic E-state index is -0.920. The monoisotopic (exact) mass is 276 g/mol. The van der Waals surface area contributed by atoms with Crippen molar-refractivity contribution in [1.82, 2.24) is 5.32 Å². The highest BCUT2D eigenvalue weighted by atomic mass is 32.2. The lowest BCUT2D eigenvalue weighted by molar-refractivity contribution is -0.138. The number of carboxylic acid groups (broad SMARTS) is 1. The molecule has 0 aromatic carbocycles. The van der Waals surface area contributed by atoms with Crippen molar-refractivity contribution in [2.75, 3.05) is 6.54 Å². The summed E-state index contributed by atoms with van der Waals surface area (Å²) in [6, 6.07) is 0. The van der Waals surface area contributed by atoms with E-state index in [0.717, 1.165) is 11.9 Å². The Bertz CT molecular complexity index is 329. The van der Waals surface area contributed by atoms with Gasteiger partial charge in [-0.05, 0) is 20.3 Å². The molecule has 0 bridgehead atoms. The van der Waals surface area contributed by atoms with Crippen LogP contribution >= 0.6 is 11.9 Å². The molecule has 0 aromatic heterocycles. The van der Waals surface area contributed by atoms with Crippen molar-refractivity contribution in [3.05, 3.63) is 4.91 Å². The first-order chi connectivity index (χ1) is 8.10. The van der Waals surface area contributed by atoms with Crippen LogP contribution in [-0.2, 0) is 9.59 Å². The molecule has 1 amide bonds. The normalized spacial score (nSPS) is 12.0. The van der Waals surface area contributed by atoms with Crippen LogP contribution < -0.4 is 5.32 Å². The summed E-state index contributed by atoms with van der Waals surface area (Å²) < 4.78 is 2.27. The second-order valence-corrected chi connectivity index (χ2v) is 6.82. The second kappa shape index (κ2) is 6.72. The average Bonchev–Trinajstić information content (AvgIpc) is 2.23. The molecule has 0 radical (unpaired) electrons. The number of carboxylic acids is 1. The van der Waals surface area contributed by atoms with Gasteiger partial charge in [-0.15, -0.1) is 4.91 Å². The molecule has 0 rings (SSSR count). The van der Waals surface area contributed by atoms with Crippen molar-refractivity contribution in [3.8, 4) is 0 Å². The Morgan fingerprint density at radius 2 is 1.83 bits per heavy atom. The Hall–Kier alpha value is -1.11. The molecule has 0 aromatic rings. The lowest BCUT2D eigenvalue weighted by atomic mass is 9.86. The SMILES string of the molecule is CC(C)(CNC(=O)C(C)(C)CCC(=O)O)SN=O. The first kappa shape index (κ1) is 16.9. The van der Waals surface area contributed by atoms with Crippen LogP contribution in [0.3, 0.4) is 0 Å². The van der Waals surface area contributed by atoms with E-state index in [1.54, 1.807) is 27.7 Å². The van der Waals surface area contributed by atoms with Crippen LogP contribution in [0.1, 0.15) is 40.5 Å². The number of nitrogens with zero attached hydrogens (tertiary/aromatic N) is 1. The third-order valence-corrected chi connectivity index (χ3v) is 3.25. The number of hydrogen-bond donors (Lipinski definition) is 2. The first-order valence-corrected chi connectivity index (χ1v) is 6.39. The van der Waals surface area contributed by atoms with E-state index >= 15 is 0 Å². The fourth-order valence-corrected chi connectivity index (χ4v) is 1.54. The summed E-state index contributed by atoms with van der Waals surface area (Å²) in [5.74, 6) is -1.14. The Balaban J connectivity index is 4.30. The molecule has 0 aliphatic rings. The largest absolute Gasteiger partial charge is 0.481 e. The highest BCUT2D eigenvalue weighted by molar-refractivity contribution is 7.99. The van der Waals surface area contributed by atoms with Crippen LogP contribution in [0.25, 0.3) is 0 Å². The number of nitroso groups, excluding NO2 is 1. The minimum Gasteiger partial charge on any atom is -0.481 e. The van der Waals surface area contributed by atoms with E-state index in [4.69, 9.17) is 5.11 Å². The predicted molar refractivity (Wildman–Crippen MR) is 71.1 cm³/mol. The second-order valence-electron chi connectivity index (χ2n) is 5.39. The molecule has 18 heavy (non-hydrogen) atoms. The maximum Gasteiger partial charge on any atom is 0.303 e. The van der Waals surface area contributed by atoms with Crippen LogP contribution in [0.4, 0.5) is 0 Å². The third kappa shape index (κ3) is 6.58. The number of hydrogen-bond acceptors (Lipinski definition) is 5. The quantitative estimate of drug-likeness (QED) is 0.523. The van der Waals surface area contributed by atoms with Crippen molar-refractivity contribution >= 4 is 23.8 Å². The molecule has 0 aliphatic heterocycles. The van der Waals surface area contributed by atoms with E-state index in [-0.39, 0.29) is 18.7 Å². The van der Waals surface area contributed by atoms with Gasteiger partial charge >= 0.3 is 5.97 Å². The van der Waals surface area contributed by atoms with Gasteiger partial charge in [0.25, 0.3) is 0 Å². The van der Waals surface area contributed by atoms with Crippen molar-refractivity contribution < 1.29 is 14.7 Å². The molecule has 0 saturated heterocycles. The molecule has 0 fully saturated rings. The van der Waals surface area contributed by atoms with E-state index in [2.05, 4.69) is 9.90 Å². The molecule has 7 heteroatoms. The molecule has 0 atom stereocenters. The fourth-order valence-electron chi connectivity index (χ4n) is 1.20. The zero-order valence-electron chi connectivity index (χ0n) is 11.1. The van der Waals surface area contributed by atoms with Crippen LogP contribution in [0.15, 0.2) is 4.58 Å². The Kier molecular flexibility index (Phi) is 6.31. The summed E-state index contributed by atoms with van der Waals surface area (Å²) in [5.41, 5.74) is -0.742. The van der Waals surface area contributed by atoms with Gasteiger partial charge in [0.1, 0.15) is 0 Å². The zero-order valence-corrected chi connectivity index (χ0v) is 12.0. The lowest BCUT2D eigenvalue weighted by Gasteiger charge is -2.26. The number of amides is 1. The standard InChI is InChI=1S/C11H20N2O4S/c1-10(2,6-5-8(14)15)9(16)12-7-11(3,4)18-13-17/h5-7H2,1-4H3,(H,12,16)(H,14,15). The van der Waals surface area contributed by atoms with Crippen molar-refractivity contribution in [3.63, 3.8) is 0 Å². The maximum atomic E-state index is 11.9. The van der Waals surface area contributed by atoms with Gasteiger partial charge in [-0.25, -0.2) is 0 Å². The molecule has 0 saturated carbocycles. The number of nitrogens with one attached hydrogen (secondary N) is 1. The molecular weight excluding hydrogens is 256 g/mol. The third-order valence-electron chi connectivity index (χ3n) is 2.54. The van der Waals surface area contributed by atoms with Crippen molar-refractivity contribution in [2.45, 2.75) is 45.3 Å². The smallest absolute Gasteiger partial charge is 0.303 e. The summed E-state index contributed by atoms with van der Waals surface area (Å²) in [6.45, 7) is 7.29. The molecule has 6 nitrogen and oxygen atoms in total. The summed E-state index contributed by atoms with van der Waals surface area (Å²) in [4.78, 5) is 32.6. The van der Waals surface area contributed by atoms with E-state index in [1.807, 2.05) is 0 Å². The van der Waals surface area contributed by atoms with Gasteiger partial charge in [0.15, 0.2) is 0 Å². The number of aliphatic carboxylic acids is 1. The Labute approximate surface area is 111 Å². The van der Waals surface area contributed by atoms with Crippen LogP contribution in [0, 0.1) is 10.3 Å². The molecular formula is C11H20N2O4S. The first-order valence-electron chi connectivity index (χ1n) is 5.62. The Morgan fingerprint density at radius 3 is 2.28 bits per heavy atom. The summed E-state index contributed by atoms with van der Waals surface area (Å²) in [6.07, 6.45) is 0.224. The topological polar surface area (TPSA) is 95.8 Å². The van der Waals surface area contributed by atoms with E-state index in [9.17, 15) is 14.5 Å². The number of rotatable bonds is 8. The van der Waals surface area contributed by atoms with E-state index in [0.29, 0.717) is 6.54 Å². The van der Waals surface area contributed by atoms with Crippen LogP contribution in [0.5, 0.6) is 0 Å². The summed E-state index contributed by atoms with van der Waals surface area (Å²) in [5, 5.41) is 11.3. The van der Waals surface area contributed by atoms with Crippen LogP contribution in [-0.4, -0.2) is 28.3 Å². The highest BCUT2D eigenvalue weighted by Crippen LogP contribution is 2.26. The molecule has 0 spiro atoms. The predicted octanol–water partition coefficient (Wildman–Crippen LogP) is 2.19. The molecule has 2 N–H and O–H groups in total. The molecule has 0 heterocycles. The number of carbonyl (C=O) groups excluding carboxylic acids is 1. The van der Waals surface area contributed by atoms with Gasteiger partial charge in [-0.3, -0.25) is 9.59 Å².